The third kappa shape index (κ3) is 5.51. The van der Waals surface area contributed by atoms with Gasteiger partial charge in [-0.25, -0.2) is 0 Å². The van der Waals surface area contributed by atoms with E-state index in [0.29, 0.717) is 0 Å². The van der Waals surface area contributed by atoms with Gasteiger partial charge in [0.25, 0.3) is 0 Å². The van der Waals surface area contributed by atoms with Gasteiger partial charge in [0.1, 0.15) is 24.4 Å². The molecule has 8 heteroatoms. The van der Waals surface area contributed by atoms with Crippen LogP contribution < -0.4 is 0 Å². The van der Waals surface area contributed by atoms with E-state index in [1.807, 2.05) is 0 Å². The minimum absolute atomic E-state index is 0.0258. The molecule has 0 aromatic rings. The van der Waals surface area contributed by atoms with Crippen LogP contribution in [0, 0.1) is 0 Å². The first-order valence-electron chi connectivity index (χ1n) is 3.48. The molecule has 0 spiro atoms. The summed E-state index contributed by atoms with van der Waals surface area (Å²) in [5.41, 5.74) is 0. The molecule has 0 radical (unpaired) electrons. The van der Waals surface area contributed by atoms with Crippen LogP contribution in [0.25, 0.3) is 0 Å². The molecule has 0 saturated heterocycles. The Morgan fingerprint density at radius 1 is 1.07 bits per heavy atom. The van der Waals surface area contributed by atoms with Gasteiger partial charge < -0.3 is 30.3 Å². The predicted octanol–water partition coefficient (Wildman–Crippen LogP) is -3.50. The summed E-state index contributed by atoms with van der Waals surface area (Å²) >= 11 is 1.69. The normalized spacial score (nSPS) is 18.4. The molecule has 0 aliphatic carbocycles. The van der Waals surface area contributed by atoms with E-state index in [4.69, 9.17) is 29.4 Å². The molecule has 0 aliphatic rings. The van der Waals surface area contributed by atoms with E-state index < -0.39 is 31.0 Å². The van der Waals surface area contributed by atoms with Crippen LogP contribution in [0.15, 0.2) is 0 Å². The van der Waals surface area contributed by atoms with Gasteiger partial charge in [-0.1, -0.05) is 0 Å². The number of hydrogen-bond acceptors (Lipinski definition) is 7. The van der Waals surface area contributed by atoms with Gasteiger partial charge in [-0.15, -0.1) is 0 Å². The first-order chi connectivity index (χ1) is 6.54. The fourth-order valence-electron chi connectivity index (χ4n) is 0.618. The summed E-state index contributed by atoms with van der Waals surface area (Å²) in [4.78, 5) is 9.90. The fourth-order valence-corrected chi connectivity index (χ4v) is 0.618. The van der Waals surface area contributed by atoms with Crippen molar-refractivity contribution in [2.75, 3.05) is 6.61 Å². The molecule has 0 aromatic carbocycles. The average Bonchev–Trinajstić information content (AvgIpc) is 2.27. The Bertz CT molecular complexity index is 155. The molecule has 7 nitrogen and oxygen atoms in total. The van der Waals surface area contributed by atoms with Crippen molar-refractivity contribution < 1.29 is 50.1 Å². The van der Waals surface area contributed by atoms with Crippen LogP contribution in [-0.2, 0) is 24.6 Å². The van der Waals surface area contributed by atoms with Gasteiger partial charge >= 0.3 is 19.8 Å². The minimum atomic E-state index is -1.79. The standard InChI is InChI=1S/C6H12O6.Mn.O/c7-1-3(9)5(11)6(12)4(10)2-8;;/h1,3-6,8-12H,2H2;;/t3-,4+,5+,6+;;/m0../s1. The summed E-state index contributed by atoms with van der Waals surface area (Å²) in [6, 6.07) is 0. The summed E-state index contributed by atoms with van der Waals surface area (Å²) in [5.74, 6) is 0. The van der Waals surface area contributed by atoms with Gasteiger partial charge in [-0.2, -0.15) is 0 Å². The van der Waals surface area contributed by atoms with Crippen LogP contribution in [0.5, 0.6) is 0 Å². The number of carbonyl (C=O) groups is 1. The molecule has 85 valence electrons. The van der Waals surface area contributed by atoms with Crippen molar-refractivity contribution in [2.45, 2.75) is 24.4 Å². The number of hydrogen-bond donors (Lipinski definition) is 5. The molecule has 0 aliphatic heterocycles. The second-order valence-corrected chi connectivity index (χ2v) is 2.36. The average molecular weight is 251 g/mol. The van der Waals surface area contributed by atoms with Crippen molar-refractivity contribution in [3.63, 3.8) is 0 Å². The van der Waals surface area contributed by atoms with Crippen LogP contribution in [0.3, 0.4) is 0 Å². The molecule has 0 saturated carbocycles. The van der Waals surface area contributed by atoms with Gasteiger partial charge in [-0.3, -0.25) is 0 Å². The van der Waals surface area contributed by atoms with Crippen molar-refractivity contribution in [3.8, 4) is 0 Å². The summed E-state index contributed by atoms with van der Waals surface area (Å²) in [6.07, 6.45) is -6.84. The number of aliphatic hydroxyl groups is 5. The monoisotopic (exact) mass is 251 g/mol. The van der Waals surface area contributed by atoms with E-state index in [9.17, 15) is 4.79 Å². The number of aliphatic hydroxyl groups excluding tert-OH is 5. The molecule has 0 fully saturated rings. The quantitative estimate of drug-likeness (QED) is 0.252. The predicted molar refractivity (Wildman–Crippen MR) is 37.9 cm³/mol. The third-order valence-electron chi connectivity index (χ3n) is 1.42. The summed E-state index contributed by atoms with van der Waals surface area (Å²) < 4.78 is 8.06. The van der Waals surface area contributed by atoms with E-state index >= 15 is 0 Å². The van der Waals surface area contributed by atoms with Crippen molar-refractivity contribution in [1.82, 2.24) is 0 Å². The van der Waals surface area contributed by atoms with E-state index in [-0.39, 0.29) is 6.29 Å². The molecule has 5 N–H and O–H groups in total. The van der Waals surface area contributed by atoms with Crippen LogP contribution >= 0.6 is 0 Å². The van der Waals surface area contributed by atoms with Crippen LogP contribution in [0.4, 0.5) is 0 Å². The van der Waals surface area contributed by atoms with Gasteiger partial charge in [0.2, 0.25) is 0 Å². The Labute approximate surface area is 88.0 Å². The van der Waals surface area contributed by atoms with E-state index in [1.54, 1.807) is 15.9 Å². The van der Waals surface area contributed by atoms with Gasteiger partial charge in [-0.05, 0) is 0 Å². The van der Waals surface area contributed by atoms with Gasteiger partial charge in [0, 0.05) is 0 Å². The summed E-state index contributed by atoms with van der Waals surface area (Å²) in [7, 11) is 0. The summed E-state index contributed by atoms with van der Waals surface area (Å²) in [6.45, 7) is -0.760. The second kappa shape index (κ2) is 9.35. The van der Waals surface area contributed by atoms with Crippen molar-refractivity contribution in [3.05, 3.63) is 0 Å². The Kier molecular flexibility index (Phi) is 10.8. The molecule has 14 heavy (non-hydrogen) atoms. The molecule has 0 rings (SSSR count). The number of aldehydes is 1. The molecule has 0 heterocycles. The van der Waals surface area contributed by atoms with E-state index in [1.165, 1.54) is 0 Å². The third-order valence-corrected chi connectivity index (χ3v) is 1.42. The maximum atomic E-state index is 9.90. The molecular formula is C6H12MnO7. The molecule has 0 aromatic heterocycles. The molecule has 4 atom stereocenters. The Morgan fingerprint density at radius 3 is 1.79 bits per heavy atom. The van der Waals surface area contributed by atoms with E-state index in [0.717, 1.165) is 0 Å². The molecular weight excluding hydrogens is 239 g/mol. The SMILES string of the molecule is O=C[C@H](O)[C@@H](O)[C@H](O)[C@H](O)CO.[O]=[Mn]. The first-order valence-corrected chi connectivity index (χ1v) is 3.96. The van der Waals surface area contributed by atoms with Crippen LogP contribution in [0.2, 0.25) is 0 Å². The van der Waals surface area contributed by atoms with Crippen LogP contribution in [-0.4, -0.2) is 62.8 Å². The zero-order chi connectivity index (χ0) is 11.7. The van der Waals surface area contributed by atoms with E-state index in [2.05, 4.69) is 0 Å². The fraction of sp³-hybridized carbons (Fsp3) is 0.833. The van der Waals surface area contributed by atoms with Crippen LogP contribution in [0.1, 0.15) is 0 Å². The Morgan fingerprint density at radius 2 is 1.50 bits per heavy atom. The van der Waals surface area contributed by atoms with Crippen molar-refractivity contribution in [2.24, 2.45) is 0 Å². The zero-order valence-corrected chi connectivity index (χ0v) is 8.20. The first kappa shape index (κ1) is 16.2. The van der Waals surface area contributed by atoms with Gasteiger partial charge in [0.05, 0.1) is 6.61 Å². The number of rotatable bonds is 5. The zero-order valence-electron chi connectivity index (χ0n) is 7.02. The topological polar surface area (TPSA) is 135 Å². The maximum absolute atomic E-state index is 9.90. The summed E-state index contributed by atoms with van der Waals surface area (Å²) in [5, 5.41) is 43.5. The molecule has 0 amide bonds. The second-order valence-electron chi connectivity index (χ2n) is 2.36. The Balaban J connectivity index is 0. The molecule has 0 bridgehead atoms. The van der Waals surface area contributed by atoms with Crippen molar-refractivity contribution >= 4 is 6.29 Å². The van der Waals surface area contributed by atoms with Gasteiger partial charge in [0.15, 0.2) is 6.29 Å². The number of carbonyl (C=O) groups excluding carboxylic acids is 1. The Hall–Kier alpha value is -0.211. The van der Waals surface area contributed by atoms with Crippen molar-refractivity contribution in [1.29, 1.82) is 0 Å². The molecule has 0 unspecified atom stereocenters.